The van der Waals surface area contributed by atoms with Crippen LogP contribution in [0, 0.1) is 19.8 Å². The molecule has 5 nitrogen and oxygen atoms in total. The topological polar surface area (TPSA) is 50.8 Å². The molecule has 0 atom stereocenters. The number of carbonyl (C=O) groups is 1. The molecule has 0 aliphatic carbocycles. The zero-order valence-corrected chi connectivity index (χ0v) is 18.9. The Morgan fingerprint density at radius 2 is 1.87 bits per heavy atom. The van der Waals surface area contributed by atoms with Gasteiger partial charge in [0.1, 0.15) is 23.8 Å². The van der Waals surface area contributed by atoms with Gasteiger partial charge in [-0.3, -0.25) is 9.69 Å². The number of ether oxygens (including phenoxy) is 2. The third-order valence-corrected chi connectivity index (χ3v) is 5.23. The molecule has 30 heavy (non-hydrogen) atoms. The van der Waals surface area contributed by atoms with Crippen LogP contribution in [0.2, 0.25) is 0 Å². The van der Waals surface area contributed by atoms with Gasteiger partial charge in [0.15, 0.2) is 5.11 Å². The van der Waals surface area contributed by atoms with Gasteiger partial charge in [0.25, 0.3) is 5.91 Å². The first kappa shape index (κ1) is 21.8. The number of benzene rings is 2. The molecule has 1 N–H and O–H groups in total. The van der Waals surface area contributed by atoms with Crippen molar-refractivity contribution in [3.63, 3.8) is 0 Å². The molecule has 1 amide bonds. The Balaban J connectivity index is 1.83. The minimum absolute atomic E-state index is 0.0992. The van der Waals surface area contributed by atoms with Crippen LogP contribution in [0.3, 0.4) is 0 Å². The van der Waals surface area contributed by atoms with E-state index in [0.29, 0.717) is 29.9 Å². The van der Waals surface area contributed by atoms with Crippen LogP contribution >= 0.6 is 12.2 Å². The third kappa shape index (κ3) is 4.82. The standard InChI is InChI=1S/C24H28N2O3S/c1-15(2)13-26-23(27)20(25-24(26)30)12-18-9-10-21(28-5)19(11-18)14-29-22-16(3)7-6-8-17(22)4/h6-12,15H,13-14H2,1-5H3,(H,25,30)/b20-12+. The Kier molecular flexibility index (Phi) is 6.77. The molecule has 3 rings (SSSR count). The molecule has 6 heteroatoms. The number of amides is 1. The number of hydrogen-bond donors (Lipinski definition) is 1. The number of para-hydroxylation sites is 1. The molecule has 1 fully saturated rings. The smallest absolute Gasteiger partial charge is 0.276 e. The number of carbonyl (C=O) groups excluding carboxylic acids is 1. The first-order chi connectivity index (χ1) is 14.3. The second kappa shape index (κ2) is 9.30. The highest BCUT2D eigenvalue weighted by atomic mass is 32.1. The van der Waals surface area contributed by atoms with Crippen LogP contribution in [0.15, 0.2) is 42.1 Å². The maximum Gasteiger partial charge on any atom is 0.276 e. The first-order valence-electron chi connectivity index (χ1n) is 10.0. The van der Waals surface area contributed by atoms with E-state index in [-0.39, 0.29) is 5.91 Å². The number of methoxy groups -OCH3 is 1. The number of aryl methyl sites for hydroxylation is 2. The van der Waals surface area contributed by atoms with Crippen LogP contribution in [-0.4, -0.2) is 29.6 Å². The number of nitrogens with zero attached hydrogens (tertiary/aromatic N) is 1. The Bertz CT molecular complexity index is 978. The fourth-order valence-electron chi connectivity index (χ4n) is 3.45. The van der Waals surface area contributed by atoms with E-state index in [1.807, 2.05) is 56.3 Å². The molecule has 1 aliphatic heterocycles. The van der Waals surface area contributed by atoms with Crippen molar-refractivity contribution in [1.82, 2.24) is 10.2 Å². The van der Waals surface area contributed by atoms with Crippen molar-refractivity contribution in [1.29, 1.82) is 0 Å². The van der Waals surface area contributed by atoms with Gasteiger partial charge in [0.2, 0.25) is 0 Å². The molecule has 1 aliphatic rings. The van der Waals surface area contributed by atoms with Crippen molar-refractivity contribution in [3.05, 3.63) is 64.3 Å². The van der Waals surface area contributed by atoms with E-state index in [4.69, 9.17) is 21.7 Å². The van der Waals surface area contributed by atoms with E-state index in [1.165, 1.54) is 0 Å². The molecule has 0 radical (unpaired) electrons. The van der Waals surface area contributed by atoms with E-state index in [1.54, 1.807) is 12.0 Å². The molecule has 2 aromatic rings. The van der Waals surface area contributed by atoms with E-state index in [2.05, 4.69) is 19.2 Å². The lowest BCUT2D eigenvalue weighted by Gasteiger charge is -2.16. The lowest BCUT2D eigenvalue weighted by atomic mass is 10.1. The van der Waals surface area contributed by atoms with Crippen molar-refractivity contribution < 1.29 is 14.3 Å². The van der Waals surface area contributed by atoms with Gasteiger partial charge in [-0.1, -0.05) is 38.1 Å². The highest BCUT2D eigenvalue weighted by molar-refractivity contribution is 7.80. The number of nitrogens with one attached hydrogen (secondary N) is 1. The van der Waals surface area contributed by atoms with Crippen molar-refractivity contribution in [2.75, 3.05) is 13.7 Å². The van der Waals surface area contributed by atoms with E-state index in [0.717, 1.165) is 33.8 Å². The monoisotopic (exact) mass is 424 g/mol. The van der Waals surface area contributed by atoms with Gasteiger partial charge in [0, 0.05) is 12.1 Å². The zero-order valence-electron chi connectivity index (χ0n) is 18.1. The van der Waals surface area contributed by atoms with Crippen LogP contribution in [-0.2, 0) is 11.4 Å². The minimum atomic E-state index is -0.0992. The number of thiocarbonyl (C=S) groups is 1. The van der Waals surface area contributed by atoms with Crippen molar-refractivity contribution in [2.45, 2.75) is 34.3 Å². The summed E-state index contributed by atoms with van der Waals surface area (Å²) in [7, 11) is 1.64. The highest BCUT2D eigenvalue weighted by Gasteiger charge is 2.30. The van der Waals surface area contributed by atoms with Gasteiger partial charge in [-0.15, -0.1) is 0 Å². The van der Waals surface area contributed by atoms with Crippen LogP contribution in [0.5, 0.6) is 11.5 Å². The molecule has 0 unspecified atom stereocenters. The summed E-state index contributed by atoms with van der Waals surface area (Å²) >= 11 is 5.33. The van der Waals surface area contributed by atoms with E-state index in [9.17, 15) is 4.79 Å². The Morgan fingerprint density at radius 1 is 1.17 bits per heavy atom. The fraction of sp³-hybridized carbons (Fsp3) is 0.333. The maximum atomic E-state index is 12.7. The summed E-state index contributed by atoms with van der Waals surface area (Å²) in [6.07, 6.45) is 1.82. The van der Waals surface area contributed by atoms with Gasteiger partial charge < -0.3 is 14.8 Å². The Hall–Kier alpha value is -2.86. The number of hydrogen-bond acceptors (Lipinski definition) is 4. The van der Waals surface area contributed by atoms with Crippen molar-refractivity contribution in [3.8, 4) is 11.5 Å². The molecule has 1 heterocycles. The average Bonchev–Trinajstić information content (AvgIpc) is 2.95. The normalized spacial score (nSPS) is 15.1. The van der Waals surface area contributed by atoms with Crippen molar-refractivity contribution >= 4 is 29.3 Å². The Labute approximate surface area is 183 Å². The molecular weight excluding hydrogens is 396 g/mol. The molecule has 0 saturated carbocycles. The van der Waals surface area contributed by atoms with Crippen molar-refractivity contribution in [2.24, 2.45) is 5.92 Å². The zero-order chi connectivity index (χ0) is 21.8. The summed E-state index contributed by atoms with van der Waals surface area (Å²) in [5.74, 6) is 1.86. The van der Waals surface area contributed by atoms with Gasteiger partial charge in [-0.2, -0.15) is 0 Å². The molecule has 0 bridgehead atoms. The van der Waals surface area contributed by atoms with Gasteiger partial charge in [0.05, 0.1) is 7.11 Å². The highest BCUT2D eigenvalue weighted by Crippen LogP contribution is 2.27. The molecule has 1 saturated heterocycles. The molecule has 0 spiro atoms. The van der Waals surface area contributed by atoms with E-state index < -0.39 is 0 Å². The molecule has 158 valence electrons. The molecule has 2 aromatic carbocycles. The van der Waals surface area contributed by atoms with Crippen LogP contribution < -0.4 is 14.8 Å². The van der Waals surface area contributed by atoms with Crippen LogP contribution in [0.1, 0.15) is 36.1 Å². The number of rotatable bonds is 7. The lowest BCUT2D eigenvalue weighted by molar-refractivity contribution is -0.122. The summed E-state index contributed by atoms with van der Waals surface area (Å²) in [6.45, 7) is 9.14. The SMILES string of the molecule is COc1ccc(/C=C2/NC(=S)N(CC(C)C)C2=O)cc1COc1c(C)cccc1C. The van der Waals surface area contributed by atoms with Gasteiger partial charge in [-0.05, 0) is 66.9 Å². The minimum Gasteiger partial charge on any atom is -0.496 e. The Morgan fingerprint density at radius 3 is 2.50 bits per heavy atom. The summed E-state index contributed by atoms with van der Waals surface area (Å²) < 4.78 is 11.6. The van der Waals surface area contributed by atoms with Crippen LogP contribution in [0.25, 0.3) is 6.08 Å². The van der Waals surface area contributed by atoms with E-state index >= 15 is 0 Å². The second-order valence-electron chi connectivity index (χ2n) is 7.88. The lowest BCUT2D eigenvalue weighted by Crippen LogP contribution is -2.33. The van der Waals surface area contributed by atoms with Gasteiger partial charge in [-0.25, -0.2) is 0 Å². The third-order valence-electron chi connectivity index (χ3n) is 4.91. The average molecular weight is 425 g/mol. The predicted octanol–water partition coefficient (Wildman–Crippen LogP) is 4.60. The largest absolute Gasteiger partial charge is 0.496 e. The summed E-state index contributed by atoms with van der Waals surface area (Å²) in [6, 6.07) is 11.9. The van der Waals surface area contributed by atoms with Crippen LogP contribution in [0.4, 0.5) is 0 Å². The quantitative estimate of drug-likeness (QED) is 0.520. The molecule has 0 aromatic heterocycles. The maximum absolute atomic E-state index is 12.7. The second-order valence-corrected chi connectivity index (χ2v) is 8.27. The van der Waals surface area contributed by atoms with Gasteiger partial charge >= 0.3 is 0 Å². The summed E-state index contributed by atoms with van der Waals surface area (Å²) in [5, 5.41) is 3.49. The fourth-order valence-corrected chi connectivity index (χ4v) is 3.71. The first-order valence-corrected chi connectivity index (χ1v) is 10.4. The molecular formula is C24H28N2O3S. The summed E-state index contributed by atoms with van der Waals surface area (Å²) in [4.78, 5) is 14.3. The predicted molar refractivity (Wildman–Crippen MR) is 124 cm³/mol. The summed E-state index contributed by atoms with van der Waals surface area (Å²) in [5.41, 5.74) is 4.44.